The van der Waals surface area contributed by atoms with Gasteiger partial charge in [0.25, 0.3) is 0 Å². The van der Waals surface area contributed by atoms with Crippen LogP contribution in [0.5, 0.6) is 0 Å². The van der Waals surface area contributed by atoms with Gasteiger partial charge in [0.15, 0.2) is 0 Å². The van der Waals surface area contributed by atoms with E-state index in [1.807, 2.05) is 6.92 Å². The van der Waals surface area contributed by atoms with E-state index in [4.69, 9.17) is 0 Å². The van der Waals surface area contributed by atoms with E-state index in [1.54, 1.807) is 0 Å². The second-order valence-corrected chi connectivity index (χ2v) is 3.70. The molecule has 1 rings (SSSR count). The van der Waals surface area contributed by atoms with Gasteiger partial charge < -0.3 is 5.11 Å². The van der Waals surface area contributed by atoms with Crippen LogP contribution in [0.2, 0.25) is 0 Å². The summed E-state index contributed by atoms with van der Waals surface area (Å²) in [7, 11) is 0. The Hall–Kier alpha value is -0.0400. The molecule has 0 bridgehead atoms. The van der Waals surface area contributed by atoms with E-state index in [1.165, 1.54) is 12.8 Å². The van der Waals surface area contributed by atoms with Gasteiger partial charge in [-0.2, -0.15) is 0 Å². The van der Waals surface area contributed by atoms with Crippen molar-refractivity contribution in [1.29, 1.82) is 0 Å². The third-order valence-corrected chi connectivity index (χ3v) is 2.20. The zero-order chi connectivity index (χ0) is 6.91. The molecule has 0 aromatic heterocycles. The topological polar surface area (TPSA) is 20.2 Å². The van der Waals surface area contributed by atoms with Gasteiger partial charge in [-0.05, 0) is 25.7 Å². The molecule has 9 heavy (non-hydrogen) atoms. The molecule has 1 N–H and O–H groups in total. The highest BCUT2D eigenvalue weighted by Gasteiger charge is 2.26. The first-order chi connectivity index (χ1) is 4.10. The molecule has 54 valence electrons. The summed E-state index contributed by atoms with van der Waals surface area (Å²) in [6, 6.07) is 0. The first-order valence-corrected chi connectivity index (χ1v) is 3.82. The minimum Gasteiger partial charge on any atom is -0.390 e. The molecule has 0 spiro atoms. The lowest BCUT2D eigenvalue weighted by Crippen LogP contribution is -2.30. The van der Waals surface area contributed by atoms with Crippen LogP contribution in [0.4, 0.5) is 0 Å². The van der Waals surface area contributed by atoms with Gasteiger partial charge in [-0.1, -0.05) is 19.8 Å². The maximum Gasteiger partial charge on any atom is 0.0622 e. The van der Waals surface area contributed by atoms with Crippen molar-refractivity contribution < 1.29 is 5.11 Å². The molecule has 0 amide bonds. The number of hydrogen-bond acceptors (Lipinski definition) is 1. The fraction of sp³-hybridized carbons (Fsp3) is 1.00. The molecule has 0 radical (unpaired) electrons. The Balaban J connectivity index is 2.41. The van der Waals surface area contributed by atoms with Crippen molar-refractivity contribution >= 4 is 0 Å². The normalized spacial score (nSPS) is 45.0. The van der Waals surface area contributed by atoms with E-state index >= 15 is 0 Å². The van der Waals surface area contributed by atoms with Gasteiger partial charge in [0.1, 0.15) is 0 Å². The lowest BCUT2D eigenvalue weighted by molar-refractivity contribution is 0.00461. The molecule has 1 heteroatoms. The first-order valence-electron chi connectivity index (χ1n) is 3.82. The second-order valence-electron chi connectivity index (χ2n) is 3.70. The van der Waals surface area contributed by atoms with Crippen molar-refractivity contribution in [3.05, 3.63) is 0 Å². The van der Waals surface area contributed by atoms with Crippen molar-refractivity contribution in [3.63, 3.8) is 0 Å². The molecule has 0 aromatic carbocycles. The van der Waals surface area contributed by atoms with Gasteiger partial charge in [0, 0.05) is 0 Å². The summed E-state index contributed by atoms with van der Waals surface area (Å²) >= 11 is 0. The Morgan fingerprint density at radius 1 is 1.56 bits per heavy atom. The van der Waals surface area contributed by atoms with Gasteiger partial charge in [-0.25, -0.2) is 0 Å². The van der Waals surface area contributed by atoms with E-state index < -0.39 is 0 Å². The molecule has 1 nitrogen and oxygen atoms in total. The van der Waals surface area contributed by atoms with E-state index in [0.717, 1.165) is 18.8 Å². The molecule has 0 aliphatic heterocycles. The lowest BCUT2D eigenvalue weighted by atomic mass is 9.80. The number of rotatable bonds is 0. The summed E-state index contributed by atoms with van der Waals surface area (Å²) in [5.74, 6) is 0.730. The van der Waals surface area contributed by atoms with Crippen LogP contribution in [0.1, 0.15) is 39.5 Å². The van der Waals surface area contributed by atoms with Crippen LogP contribution in [0.25, 0.3) is 0 Å². The maximum atomic E-state index is 9.54. The van der Waals surface area contributed by atoms with E-state index in [2.05, 4.69) is 6.92 Å². The fourth-order valence-electron chi connectivity index (χ4n) is 1.79. The van der Waals surface area contributed by atoms with E-state index in [-0.39, 0.29) is 5.60 Å². The van der Waals surface area contributed by atoms with Crippen LogP contribution < -0.4 is 0 Å². The van der Waals surface area contributed by atoms with Crippen LogP contribution in [0.15, 0.2) is 0 Å². The van der Waals surface area contributed by atoms with Crippen LogP contribution in [0.3, 0.4) is 0 Å². The average Bonchev–Trinajstić information content (AvgIpc) is 1.60. The second kappa shape index (κ2) is 2.30. The van der Waals surface area contributed by atoms with E-state index in [9.17, 15) is 5.11 Å². The summed E-state index contributed by atoms with van der Waals surface area (Å²) in [5.41, 5.74) is -0.350. The van der Waals surface area contributed by atoms with Gasteiger partial charge >= 0.3 is 0 Å². The third kappa shape index (κ3) is 1.98. The van der Waals surface area contributed by atoms with Crippen molar-refractivity contribution in [2.75, 3.05) is 0 Å². The summed E-state index contributed by atoms with van der Waals surface area (Å²) in [4.78, 5) is 0. The Bertz CT molecular complexity index is 96.7. The Kier molecular flexibility index (Phi) is 1.80. The highest BCUT2D eigenvalue weighted by atomic mass is 16.3. The minimum atomic E-state index is -0.350. The molecule has 1 aliphatic carbocycles. The molecular formula is C8H16O. The SMILES string of the molecule is C[C@@H]1CCC[C@@](C)(O)C1. The molecular weight excluding hydrogens is 112 g/mol. The largest absolute Gasteiger partial charge is 0.390 e. The van der Waals surface area contributed by atoms with E-state index in [0.29, 0.717) is 0 Å². The van der Waals surface area contributed by atoms with Gasteiger partial charge in [-0.15, -0.1) is 0 Å². The molecule has 0 heterocycles. The quantitative estimate of drug-likeness (QED) is 0.528. The van der Waals surface area contributed by atoms with Crippen LogP contribution in [-0.4, -0.2) is 10.7 Å². The van der Waals surface area contributed by atoms with Crippen molar-refractivity contribution in [1.82, 2.24) is 0 Å². The first kappa shape index (κ1) is 7.07. The average molecular weight is 128 g/mol. The van der Waals surface area contributed by atoms with Crippen molar-refractivity contribution in [3.8, 4) is 0 Å². The van der Waals surface area contributed by atoms with Gasteiger partial charge in [0.2, 0.25) is 0 Å². The maximum absolute atomic E-state index is 9.54. The molecule has 2 atom stereocenters. The third-order valence-electron chi connectivity index (χ3n) is 2.20. The van der Waals surface area contributed by atoms with Crippen LogP contribution >= 0.6 is 0 Å². The standard InChI is InChI=1S/C8H16O/c1-7-4-3-5-8(2,9)6-7/h7,9H,3-6H2,1-2H3/t7-,8-/m1/s1. The molecule has 1 fully saturated rings. The highest BCUT2D eigenvalue weighted by Crippen LogP contribution is 2.31. The monoisotopic (exact) mass is 128 g/mol. The molecule has 0 aromatic rings. The molecule has 0 unspecified atom stereocenters. The van der Waals surface area contributed by atoms with Crippen molar-refractivity contribution in [2.45, 2.75) is 45.1 Å². The van der Waals surface area contributed by atoms with Crippen LogP contribution in [0, 0.1) is 5.92 Å². The Morgan fingerprint density at radius 2 is 2.22 bits per heavy atom. The summed E-state index contributed by atoms with van der Waals surface area (Å²) in [5, 5.41) is 9.54. The number of aliphatic hydroxyl groups is 1. The summed E-state index contributed by atoms with van der Waals surface area (Å²) in [6.45, 7) is 4.16. The Morgan fingerprint density at radius 3 is 2.56 bits per heavy atom. The summed E-state index contributed by atoms with van der Waals surface area (Å²) < 4.78 is 0. The van der Waals surface area contributed by atoms with Crippen LogP contribution in [-0.2, 0) is 0 Å². The highest BCUT2D eigenvalue weighted by molar-refractivity contribution is 4.79. The Labute approximate surface area is 57.1 Å². The van der Waals surface area contributed by atoms with Crippen molar-refractivity contribution in [2.24, 2.45) is 5.92 Å². The van der Waals surface area contributed by atoms with Gasteiger partial charge in [-0.3, -0.25) is 0 Å². The zero-order valence-electron chi connectivity index (χ0n) is 6.35. The number of hydrogen-bond donors (Lipinski definition) is 1. The molecule has 0 saturated heterocycles. The predicted octanol–water partition coefficient (Wildman–Crippen LogP) is 1.95. The smallest absolute Gasteiger partial charge is 0.0622 e. The lowest BCUT2D eigenvalue weighted by Gasteiger charge is -2.31. The fourth-order valence-corrected chi connectivity index (χ4v) is 1.79. The molecule has 1 saturated carbocycles. The summed E-state index contributed by atoms with van der Waals surface area (Å²) in [6.07, 6.45) is 4.49. The molecule has 1 aliphatic rings. The minimum absolute atomic E-state index is 0.350. The van der Waals surface area contributed by atoms with Gasteiger partial charge in [0.05, 0.1) is 5.60 Å². The predicted molar refractivity (Wildman–Crippen MR) is 38.3 cm³/mol. The zero-order valence-corrected chi connectivity index (χ0v) is 6.35.